The highest BCUT2D eigenvalue weighted by Crippen LogP contribution is 2.43. The maximum atomic E-state index is 13.1. The van der Waals surface area contributed by atoms with Crippen LogP contribution in [0.4, 0.5) is 0 Å². The van der Waals surface area contributed by atoms with E-state index in [0.717, 1.165) is 52.0 Å². The zero-order valence-corrected chi connectivity index (χ0v) is 16.3. The highest BCUT2D eigenvalue weighted by Gasteiger charge is 2.49. The van der Waals surface area contributed by atoms with Crippen molar-refractivity contribution < 1.29 is 9.90 Å². The summed E-state index contributed by atoms with van der Waals surface area (Å²) < 4.78 is 0. The van der Waals surface area contributed by atoms with Crippen LogP contribution in [0.25, 0.3) is 0 Å². The Balaban J connectivity index is 1.39. The van der Waals surface area contributed by atoms with Crippen molar-refractivity contribution in [2.75, 3.05) is 26.2 Å². The van der Waals surface area contributed by atoms with Crippen LogP contribution in [-0.2, 0) is 17.9 Å². The molecule has 1 aromatic carbocycles. The number of likely N-dealkylation sites (tertiary alicyclic amines) is 1. The van der Waals surface area contributed by atoms with Crippen molar-refractivity contribution >= 4 is 5.91 Å². The smallest absolute Gasteiger partial charge is 0.228 e. The van der Waals surface area contributed by atoms with Gasteiger partial charge in [0.25, 0.3) is 0 Å². The molecule has 0 radical (unpaired) electrons. The van der Waals surface area contributed by atoms with Crippen molar-refractivity contribution in [3.8, 4) is 0 Å². The summed E-state index contributed by atoms with van der Waals surface area (Å²) in [5.74, 6) is 0.745. The fourth-order valence-corrected chi connectivity index (χ4v) is 5.24. The number of amides is 1. The molecule has 5 nitrogen and oxygen atoms in total. The van der Waals surface area contributed by atoms with Gasteiger partial charge in [-0.05, 0) is 49.3 Å². The molecule has 2 heterocycles. The van der Waals surface area contributed by atoms with E-state index in [9.17, 15) is 9.90 Å². The van der Waals surface area contributed by atoms with Gasteiger partial charge in [-0.1, -0.05) is 37.1 Å². The minimum absolute atomic E-state index is 0.140. The largest absolute Gasteiger partial charge is 0.393 e. The summed E-state index contributed by atoms with van der Waals surface area (Å²) >= 11 is 0. The van der Waals surface area contributed by atoms with Gasteiger partial charge in [-0.2, -0.15) is 0 Å². The topological polar surface area (TPSA) is 64.6 Å². The minimum atomic E-state index is -0.184. The lowest BCUT2D eigenvalue weighted by Gasteiger charge is -2.37. The van der Waals surface area contributed by atoms with E-state index in [1.165, 1.54) is 30.4 Å². The minimum Gasteiger partial charge on any atom is -0.393 e. The molecule has 27 heavy (non-hydrogen) atoms. The Labute approximate surface area is 162 Å². The predicted molar refractivity (Wildman–Crippen MR) is 106 cm³/mol. The Morgan fingerprint density at radius 3 is 2.78 bits per heavy atom. The maximum Gasteiger partial charge on any atom is 0.228 e. The number of carbonyl (C=O) groups is 1. The molecule has 0 bridgehead atoms. The van der Waals surface area contributed by atoms with Crippen LogP contribution in [0.2, 0.25) is 0 Å². The molecule has 0 aromatic heterocycles. The monoisotopic (exact) mass is 371 g/mol. The molecule has 1 aliphatic carbocycles. The van der Waals surface area contributed by atoms with E-state index >= 15 is 0 Å². The second-order valence-corrected chi connectivity index (χ2v) is 8.69. The van der Waals surface area contributed by atoms with Crippen LogP contribution in [-0.4, -0.2) is 48.2 Å². The summed E-state index contributed by atoms with van der Waals surface area (Å²) in [7, 11) is 0. The lowest BCUT2D eigenvalue weighted by atomic mass is 9.67. The second kappa shape index (κ2) is 8.29. The first-order chi connectivity index (χ1) is 13.2. The number of rotatable bonds is 5. The fraction of sp³-hybridized carbons (Fsp3) is 0.682. The molecule has 1 aromatic rings. The molecule has 2 aliphatic heterocycles. The van der Waals surface area contributed by atoms with Gasteiger partial charge in [0, 0.05) is 32.7 Å². The van der Waals surface area contributed by atoms with E-state index < -0.39 is 0 Å². The number of nitrogens with zero attached hydrogens (tertiary/aromatic N) is 1. The molecule has 4 rings (SSSR count). The third-order valence-corrected chi connectivity index (χ3v) is 7.00. The number of aliphatic hydroxyl groups is 1. The van der Waals surface area contributed by atoms with Gasteiger partial charge < -0.3 is 15.7 Å². The Bertz CT molecular complexity index is 657. The second-order valence-electron chi connectivity index (χ2n) is 8.69. The molecular weight excluding hydrogens is 338 g/mol. The van der Waals surface area contributed by atoms with Crippen LogP contribution < -0.4 is 10.6 Å². The Morgan fingerprint density at radius 1 is 1.19 bits per heavy atom. The lowest BCUT2D eigenvalue weighted by molar-refractivity contribution is -0.134. The third-order valence-electron chi connectivity index (χ3n) is 7.00. The molecule has 5 heteroatoms. The van der Waals surface area contributed by atoms with Crippen LogP contribution >= 0.6 is 0 Å². The van der Waals surface area contributed by atoms with Gasteiger partial charge in [0.2, 0.25) is 5.91 Å². The lowest BCUT2D eigenvalue weighted by Crippen LogP contribution is -2.47. The zero-order valence-electron chi connectivity index (χ0n) is 16.3. The number of fused-ring (bicyclic) bond motifs is 1. The van der Waals surface area contributed by atoms with E-state index in [4.69, 9.17) is 0 Å². The SMILES string of the molecule is O=C(NCc1ccccc1CN1CCC(O)CC1)[C@@]12CCCC[C@H]1CNC2. The number of hydrogen-bond donors (Lipinski definition) is 3. The Morgan fingerprint density at radius 2 is 1.96 bits per heavy atom. The normalized spacial score (nSPS) is 29.4. The first-order valence-electron chi connectivity index (χ1n) is 10.6. The quantitative estimate of drug-likeness (QED) is 0.741. The number of hydrogen-bond acceptors (Lipinski definition) is 4. The molecule has 3 fully saturated rings. The molecule has 0 spiro atoms. The van der Waals surface area contributed by atoms with Crippen molar-refractivity contribution in [2.24, 2.45) is 11.3 Å². The molecule has 1 saturated carbocycles. The molecule has 1 amide bonds. The summed E-state index contributed by atoms with van der Waals surface area (Å²) in [6.45, 7) is 5.22. The van der Waals surface area contributed by atoms with E-state index in [2.05, 4.69) is 39.8 Å². The van der Waals surface area contributed by atoms with E-state index in [-0.39, 0.29) is 17.4 Å². The van der Waals surface area contributed by atoms with Gasteiger partial charge in [-0.15, -0.1) is 0 Å². The van der Waals surface area contributed by atoms with Gasteiger partial charge in [0.05, 0.1) is 11.5 Å². The molecule has 2 atom stereocenters. The van der Waals surface area contributed by atoms with Gasteiger partial charge >= 0.3 is 0 Å². The molecular formula is C22H33N3O2. The van der Waals surface area contributed by atoms with Crippen molar-refractivity contribution in [1.29, 1.82) is 0 Å². The van der Waals surface area contributed by atoms with Gasteiger partial charge in [0.1, 0.15) is 0 Å². The molecule has 2 saturated heterocycles. The number of nitrogens with one attached hydrogen (secondary N) is 2. The Hall–Kier alpha value is -1.43. The number of aliphatic hydroxyl groups excluding tert-OH is 1. The molecule has 0 unspecified atom stereocenters. The van der Waals surface area contributed by atoms with Crippen molar-refractivity contribution in [3.05, 3.63) is 35.4 Å². The molecule has 3 N–H and O–H groups in total. The molecule has 3 aliphatic rings. The van der Waals surface area contributed by atoms with E-state index in [1.54, 1.807) is 0 Å². The highest BCUT2D eigenvalue weighted by molar-refractivity contribution is 5.83. The van der Waals surface area contributed by atoms with Crippen molar-refractivity contribution in [3.63, 3.8) is 0 Å². The van der Waals surface area contributed by atoms with Crippen molar-refractivity contribution in [1.82, 2.24) is 15.5 Å². The summed E-state index contributed by atoms with van der Waals surface area (Å²) in [6, 6.07) is 8.45. The van der Waals surface area contributed by atoms with E-state index in [0.29, 0.717) is 12.5 Å². The highest BCUT2D eigenvalue weighted by atomic mass is 16.3. The van der Waals surface area contributed by atoms with Gasteiger partial charge in [0.15, 0.2) is 0 Å². The van der Waals surface area contributed by atoms with E-state index in [1.807, 2.05) is 0 Å². The standard InChI is InChI=1S/C22H33N3O2/c26-20-8-11-25(12-9-20)15-18-6-2-1-5-17(18)13-24-21(27)22-10-4-3-7-19(22)14-23-16-22/h1-2,5-6,19-20,23,26H,3-4,7-16H2,(H,24,27)/t19-,22+/m0/s1. The maximum absolute atomic E-state index is 13.1. The van der Waals surface area contributed by atoms with Gasteiger partial charge in [-0.3, -0.25) is 9.69 Å². The van der Waals surface area contributed by atoms with Crippen LogP contribution in [0.5, 0.6) is 0 Å². The first kappa shape index (κ1) is 18.9. The summed E-state index contributed by atoms with van der Waals surface area (Å²) in [5, 5.41) is 16.5. The average Bonchev–Trinajstić information content (AvgIpc) is 3.14. The number of piperidine rings is 1. The fourth-order valence-electron chi connectivity index (χ4n) is 5.24. The van der Waals surface area contributed by atoms with Crippen LogP contribution in [0.1, 0.15) is 49.7 Å². The average molecular weight is 372 g/mol. The predicted octanol–water partition coefficient (Wildman–Crippen LogP) is 2.04. The Kier molecular flexibility index (Phi) is 5.81. The van der Waals surface area contributed by atoms with Crippen LogP contribution in [0.15, 0.2) is 24.3 Å². The van der Waals surface area contributed by atoms with Crippen LogP contribution in [0, 0.1) is 11.3 Å². The third kappa shape index (κ3) is 4.05. The van der Waals surface area contributed by atoms with Crippen LogP contribution in [0.3, 0.4) is 0 Å². The molecule has 148 valence electrons. The first-order valence-corrected chi connectivity index (χ1v) is 10.6. The summed E-state index contributed by atoms with van der Waals surface area (Å²) in [5.41, 5.74) is 2.32. The summed E-state index contributed by atoms with van der Waals surface area (Å²) in [4.78, 5) is 15.5. The zero-order chi connectivity index (χ0) is 18.7. The number of carbonyl (C=O) groups excluding carboxylic acids is 1. The van der Waals surface area contributed by atoms with Crippen molar-refractivity contribution in [2.45, 2.75) is 57.7 Å². The summed E-state index contributed by atoms with van der Waals surface area (Å²) in [6.07, 6.45) is 6.20. The number of benzene rings is 1. The van der Waals surface area contributed by atoms with Gasteiger partial charge in [-0.25, -0.2) is 0 Å².